The third kappa shape index (κ3) is 2.33. The van der Waals surface area contributed by atoms with Crippen LogP contribution in [0.25, 0.3) is 0 Å². The Labute approximate surface area is 87.2 Å². The zero-order valence-electron chi connectivity index (χ0n) is 8.47. The Morgan fingerprint density at radius 3 is 2.87 bits per heavy atom. The molecule has 2 unspecified atom stereocenters. The maximum atomic E-state index is 13.4. The number of halogens is 2. The number of benzene rings is 1. The van der Waals surface area contributed by atoms with Crippen molar-refractivity contribution in [2.45, 2.75) is 19.1 Å². The van der Waals surface area contributed by atoms with Crippen LogP contribution in [0.4, 0.5) is 8.78 Å². The Kier molecular flexibility index (Phi) is 2.98. The molecule has 4 heteroatoms. The topological polar surface area (TPSA) is 21.3 Å². The van der Waals surface area contributed by atoms with E-state index >= 15 is 0 Å². The summed E-state index contributed by atoms with van der Waals surface area (Å²) in [5, 5.41) is 3.16. The van der Waals surface area contributed by atoms with Crippen LogP contribution in [-0.4, -0.2) is 19.2 Å². The van der Waals surface area contributed by atoms with E-state index < -0.39 is 17.7 Å². The van der Waals surface area contributed by atoms with Crippen LogP contribution in [0, 0.1) is 11.6 Å². The monoisotopic (exact) mass is 213 g/mol. The minimum Gasteiger partial charge on any atom is -0.370 e. The molecule has 1 saturated heterocycles. The molecule has 2 atom stereocenters. The van der Waals surface area contributed by atoms with Crippen LogP contribution in [0.3, 0.4) is 0 Å². The molecule has 0 aromatic heterocycles. The lowest BCUT2D eigenvalue weighted by Crippen LogP contribution is -2.41. The molecule has 2 nitrogen and oxygen atoms in total. The van der Waals surface area contributed by atoms with Gasteiger partial charge < -0.3 is 10.1 Å². The average Bonchev–Trinajstić information content (AvgIpc) is 2.23. The van der Waals surface area contributed by atoms with Crippen molar-refractivity contribution in [3.05, 3.63) is 35.4 Å². The van der Waals surface area contributed by atoms with Crippen molar-refractivity contribution in [3.63, 3.8) is 0 Å². The van der Waals surface area contributed by atoms with Crippen molar-refractivity contribution in [1.82, 2.24) is 5.32 Å². The average molecular weight is 213 g/mol. The van der Waals surface area contributed by atoms with Crippen LogP contribution >= 0.6 is 0 Å². The fraction of sp³-hybridized carbons (Fsp3) is 0.455. The SMILES string of the molecule is CC1COC(c2cc(F)ccc2F)CN1. The molecule has 82 valence electrons. The summed E-state index contributed by atoms with van der Waals surface area (Å²) in [4.78, 5) is 0. The standard InChI is InChI=1S/C11H13F2NO/c1-7-6-15-11(5-14-7)9-4-8(12)2-3-10(9)13/h2-4,7,11,14H,5-6H2,1H3. The van der Waals surface area contributed by atoms with Crippen molar-refractivity contribution in [1.29, 1.82) is 0 Å². The molecular weight excluding hydrogens is 200 g/mol. The van der Waals surface area contributed by atoms with Gasteiger partial charge in [-0.3, -0.25) is 0 Å². The third-order valence-corrected chi connectivity index (χ3v) is 2.50. The Hall–Kier alpha value is -1.00. The minimum atomic E-state index is -0.436. The summed E-state index contributed by atoms with van der Waals surface area (Å²) in [6.07, 6.45) is -0.392. The van der Waals surface area contributed by atoms with Gasteiger partial charge in [-0.05, 0) is 25.1 Å². The van der Waals surface area contributed by atoms with Crippen LogP contribution < -0.4 is 5.32 Å². The van der Waals surface area contributed by atoms with Gasteiger partial charge in [0.2, 0.25) is 0 Å². The van der Waals surface area contributed by atoms with Gasteiger partial charge in [-0.15, -0.1) is 0 Å². The summed E-state index contributed by atoms with van der Waals surface area (Å²) in [7, 11) is 0. The summed E-state index contributed by atoms with van der Waals surface area (Å²) in [5.74, 6) is -0.855. The molecule has 1 aliphatic heterocycles. The van der Waals surface area contributed by atoms with Crippen molar-refractivity contribution >= 4 is 0 Å². The molecule has 1 N–H and O–H groups in total. The molecule has 2 rings (SSSR count). The van der Waals surface area contributed by atoms with E-state index in [1.807, 2.05) is 6.92 Å². The second-order valence-electron chi connectivity index (χ2n) is 3.80. The first kappa shape index (κ1) is 10.5. The van der Waals surface area contributed by atoms with E-state index in [0.717, 1.165) is 12.1 Å². The summed E-state index contributed by atoms with van der Waals surface area (Å²) in [5.41, 5.74) is 0.286. The number of hydrogen-bond donors (Lipinski definition) is 1. The Bertz CT molecular complexity index is 348. The molecule has 1 aliphatic rings. The van der Waals surface area contributed by atoms with Crippen molar-refractivity contribution in [3.8, 4) is 0 Å². The highest BCUT2D eigenvalue weighted by atomic mass is 19.1. The van der Waals surface area contributed by atoms with E-state index in [1.54, 1.807) is 0 Å². The first-order chi connectivity index (χ1) is 7.16. The number of rotatable bonds is 1. The molecule has 1 aromatic rings. The molecule has 15 heavy (non-hydrogen) atoms. The van der Waals surface area contributed by atoms with E-state index in [4.69, 9.17) is 4.74 Å². The molecule has 0 saturated carbocycles. The number of nitrogens with one attached hydrogen (secondary N) is 1. The van der Waals surface area contributed by atoms with Crippen LogP contribution in [0.5, 0.6) is 0 Å². The van der Waals surface area contributed by atoms with Crippen molar-refractivity contribution < 1.29 is 13.5 Å². The predicted octanol–water partition coefficient (Wildman–Crippen LogP) is 2.01. The lowest BCUT2D eigenvalue weighted by Gasteiger charge is -2.28. The maximum Gasteiger partial charge on any atom is 0.129 e. The Morgan fingerprint density at radius 2 is 2.20 bits per heavy atom. The number of ether oxygens (including phenoxy) is 1. The van der Waals surface area contributed by atoms with Gasteiger partial charge in [0.1, 0.15) is 11.6 Å². The van der Waals surface area contributed by atoms with E-state index in [-0.39, 0.29) is 11.6 Å². The van der Waals surface area contributed by atoms with Crippen LogP contribution in [-0.2, 0) is 4.74 Å². The lowest BCUT2D eigenvalue weighted by atomic mass is 10.1. The second kappa shape index (κ2) is 4.24. The minimum absolute atomic E-state index is 0.262. The molecule has 0 aliphatic carbocycles. The fourth-order valence-corrected chi connectivity index (χ4v) is 1.65. The lowest BCUT2D eigenvalue weighted by molar-refractivity contribution is 0.00486. The first-order valence-electron chi connectivity index (χ1n) is 4.97. The van der Waals surface area contributed by atoms with E-state index in [9.17, 15) is 8.78 Å². The molecule has 0 spiro atoms. The largest absolute Gasteiger partial charge is 0.370 e. The summed E-state index contributed by atoms with van der Waals surface area (Å²) >= 11 is 0. The molecule has 1 heterocycles. The Balaban J connectivity index is 2.18. The maximum absolute atomic E-state index is 13.4. The summed E-state index contributed by atoms with van der Waals surface area (Å²) in [6.45, 7) is 3.01. The molecule has 0 amide bonds. The van der Waals surface area contributed by atoms with E-state index in [1.165, 1.54) is 6.07 Å². The van der Waals surface area contributed by atoms with Crippen LogP contribution in [0.15, 0.2) is 18.2 Å². The second-order valence-corrected chi connectivity index (χ2v) is 3.80. The zero-order valence-corrected chi connectivity index (χ0v) is 8.47. The highest BCUT2D eigenvalue weighted by Gasteiger charge is 2.22. The van der Waals surface area contributed by atoms with Crippen LogP contribution in [0.2, 0.25) is 0 Å². The van der Waals surface area contributed by atoms with Crippen molar-refractivity contribution in [2.75, 3.05) is 13.2 Å². The third-order valence-electron chi connectivity index (χ3n) is 2.50. The zero-order chi connectivity index (χ0) is 10.8. The van der Waals surface area contributed by atoms with Gasteiger partial charge in [-0.1, -0.05) is 0 Å². The van der Waals surface area contributed by atoms with Gasteiger partial charge in [0.25, 0.3) is 0 Å². The quantitative estimate of drug-likeness (QED) is 0.770. The summed E-state index contributed by atoms with van der Waals surface area (Å²) < 4.78 is 31.8. The van der Waals surface area contributed by atoms with Gasteiger partial charge in [0, 0.05) is 18.2 Å². The molecule has 1 aromatic carbocycles. The predicted molar refractivity (Wildman–Crippen MR) is 52.5 cm³/mol. The normalized spacial score (nSPS) is 26.6. The number of morpholine rings is 1. The summed E-state index contributed by atoms with van der Waals surface area (Å²) in [6, 6.07) is 3.69. The smallest absolute Gasteiger partial charge is 0.129 e. The van der Waals surface area contributed by atoms with Gasteiger partial charge in [-0.2, -0.15) is 0 Å². The van der Waals surface area contributed by atoms with E-state index in [2.05, 4.69) is 5.32 Å². The van der Waals surface area contributed by atoms with Gasteiger partial charge >= 0.3 is 0 Å². The highest BCUT2D eigenvalue weighted by molar-refractivity contribution is 5.22. The highest BCUT2D eigenvalue weighted by Crippen LogP contribution is 2.23. The molecule has 0 bridgehead atoms. The number of hydrogen-bond acceptors (Lipinski definition) is 2. The van der Waals surface area contributed by atoms with Gasteiger partial charge in [-0.25, -0.2) is 8.78 Å². The van der Waals surface area contributed by atoms with E-state index in [0.29, 0.717) is 13.2 Å². The fourth-order valence-electron chi connectivity index (χ4n) is 1.65. The molecule has 0 radical (unpaired) electrons. The molecular formula is C11H13F2NO. The van der Waals surface area contributed by atoms with Gasteiger partial charge in [0.15, 0.2) is 0 Å². The van der Waals surface area contributed by atoms with Crippen molar-refractivity contribution in [2.24, 2.45) is 0 Å². The first-order valence-corrected chi connectivity index (χ1v) is 4.97. The Morgan fingerprint density at radius 1 is 1.40 bits per heavy atom. The van der Waals surface area contributed by atoms with Gasteiger partial charge in [0.05, 0.1) is 12.7 Å². The molecule has 1 fully saturated rings. The van der Waals surface area contributed by atoms with Crippen LogP contribution in [0.1, 0.15) is 18.6 Å².